The average Bonchev–Trinajstić information content (AvgIpc) is 3.83. The van der Waals surface area contributed by atoms with E-state index in [4.69, 9.17) is 25.0 Å². The molecule has 55 heavy (non-hydrogen) atoms. The van der Waals surface area contributed by atoms with Gasteiger partial charge in [0.1, 0.15) is 24.4 Å². The lowest BCUT2D eigenvalue weighted by Crippen LogP contribution is -2.55. The third-order valence-electron chi connectivity index (χ3n) is 11.5. The minimum Gasteiger partial charge on any atom is -0.461 e. The topological polar surface area (TPSA) is 163 Å². The maximum absolute atomic E-state index is 14.6. The standard InChI is InChI=1S/C38H46F4N10O3/c1-21(2)34-47-30(55-49-34)6-7-31(53)52-13-12-50(19-25(52)8-10-43)35-27-14-22(3)26(33-32(38(40,41)42)23(4)15-29(44)46-33)16-28(27)45-36(48-35)54-20-37-9-5-11-51(37)18-24(39)17-37/h6-7,15,21-22,24-26H,5,8-9,11-14,16-20H2,1-4H3,(H2,44,46)/b7-6+/t22-,24-,25+,26-,37+/m1/s1. The quantitative estimate of drug-likeness (QED) is 0.218. The van der Waals surface area contributed by atoms with E-state index in [9.17, 15) is 27.6 Å². The molecule has 6 heterocycles. The Kier molecular flexibility index (Phi) is 10.5. The second-order valence-electron chi connectivity index (χ2n) is 15.7. The van der Waals surface area contributed by atoms with Crippen LogP contribution in [-0.4, -0.2) is 97.9 Å². The minimum absolute atomic E-state index is 0.00620. The van der Waals surface area contributed by atoms with Crippen LogP contribution >= 0.6 is 0 Å². The molecule has 3 aromatic rings. The van der Waals surface area contributed by atoms with Crippen molar-refractivity contribution in [3.8, 4) is 12.1 Å². The molecule has 0 aromatic carbocycles. The zero-order valence-electron chi connectivity index (χ0n) is 31.4. The summed E-state index contributed by atoms with van der Waals surface area (Å²) in [7, 11) is 0. The Balaban J connectivity index is 1.20. The van der Waals surface area contributed by atoms with Gasteiger partial charge in [0.25, 0.3) is 5.89 Å². The number of nitrogens with zero attached hydrogens (tertiary/aromatic N) is 9. The van der Waals surface area contributed by atoms with Crippen LogP contribution in [0.5, 0.6) is 6.01 Å². The molecule has 0 radical (unpaired) electrons. The zero-order valence-corrected chi connectivity index (χ0v) is 31.4. The molecule has 3 aromatic heterocycles. The molecule has 5 atom stereocenters. The van der Waals surface area contributed by atoms with Gasteiger partial charge in [0.15, 0.2) is 5.82 Å². The number of hydrogen-bond donors (Lipinski definition) is 1. The highest BCUT2D eigenvalue weighted by molar-refractivity contribution is 5.91. The van der Waals surface area contributed by atoms with E-state index in [0.717, 1.165) is 24.9 Å². The Hall–Kier alpha value is -4.85. The van der Waals surface area contributed by atoms with E-state index in [2.05, 4.69) is 26.1 Å². The maximum atomic E-state index is 14.6. The van der Waals surface area contributed by atoms with E-state index in [1.165, 1.54) is 25.1 Å². The third kappa shape index (κ3) is 7.70. The van der Waals surface area contributed by atoms with Crippen LogP contribution in [0.2, 0.25) is 0 Å². The van der Waals surface area contributed by atoms with Crippen LogP contribution in [0.1, 0.15) is 98.1 Å². The first-order chi connectivity index (χ1) is 26.2. The molecule has 17 heteroatoms. The van der Waals surface area contributed by atoms with E-state index in [1.54, 1.807) is 4.90 Å². The summed E-state index contributed by atoms with van der Waals surface area (Å²) in [6.45, 7) is 9.32. The van der Waals surface area contributed by atoms with Gasteiger partial charge in [0.2, 0.25) is 5.91 Å². The van der Waals surface area contributed by atoms with Crippen molar-refractivity contribution in [2.45, 2.75) is 102 Å². The van der Waals surface area contributed by atoms with Gasteiger partial charge in [-0.3, -0.25) is 9.69 Å². The van der Waals surface area contributed by atoms with Gasteiger partial charge in [-0.2, -0.15) is 33.4 Å². The molecule has 13 nitrogen and oxygen atoms in total. The van der Waals surface area contributed by atoms with Gasteiger partial charge >= 0.3 is 12.2 Å². The molecule has 0 saturated carbocycles. The van der Waals surface area contributed by atoms with E-state index < -0.39 is 35.4 Å². The molecule has 294 valence electrons. The normalized spacial score (nSPS) is 25.7. The van der Waals surface area contributed by atoms with Gasteiger partial charge in [-0.15, -0.1) is 0 Å². The number of amides is 1. The number of aromatic nitrogens is 5. The lowest BCUT2D eigenvalue weighted by molar-refractivity contribution is -0.139. The van der Waals surface area contributed by atoms with Crippen LogP contribution in [0.4, 0.5) is 29.2 Å². The van der Waals surface area contributed by atoms with Gasteiger partial charge in [0, 0.05) is 62.2 Å². The number of ether oxygens (including phenoxy) is 1. The van der Waals surface area contributed by atoms with E-state index in [1.807, 2.05) is 25.7 Å². The minimum atomic E-state index is -4.64. The Morgan fingerprint density at radius 3 is 2.71 bits per heavy atom. The number of hydrogen-bond acceptors (Lipinski definition) is 12. The summed E-state index contributed by atoms with van der Waals surface area (Å²) >= 11 is 0. The number of nitrogen functional groups attached to an aromatic ring is 1. The van der Waals surface area contributed by atoms with Gasteiger partial charge in [0.05, 0.1) is 41.0 Å². The number of carbonyl (C=O) groups is 1. The first-order valence-electron chi connectivity index (χ1n) is 18.9. The average molecular weight is 767 g/mol. The summed E-state index contributed by atoms with van der Waals surface area (Å²) in [6.07, 6.45) is -0.221. The van der Waals surface area contributed by atoms with Crippen molar-refractivity contribution in [2.75, 3.05) is 50.0 Å². The third-order valence-corrected chi connectivity index (χ3v) is 11.5. The number of piperazine rings is 1. The second-order valence-corrected chi connectivity index (χ2v) is 15.7. The van der Waals surface area contributed by atoms with Crippen LogP contribution in [-0.2, 0) is 23.8 Å². The summed E-state index contributed by atoms with van der Waals surface area (Å²) in [6, 6.07) is 2.99. The fourth-order valence-corrected chi connectivity index (χ4v) is 8.85. The predicted molar refractivity (Wildman–Crippen MR) is 194 cm³/mol. The monoisotopic (exact) mass is 766 g/mol. The molecule has 3 aliphatic heterocycles. The number of carbonyl (C=O) groups excluding carboxylic acids is 1. The summed E-state index contributed by atoms with van der Waals surface area (Å²) < 4.78 is 69.7. The highest BCUT2D eigenvalue weighted by atomic mass is 19.4. The van der Waals surface area contributed by atoms with Crippen molar-refractivity contribution in [1.82, 2.24) is 34.9 Å². The second kappa shape index (κ2) is 15.0. The molecule has 3 fully saturated rings. The fraction of sp³-hybridized carbons (Fsp3) is 0.605. The molecule has 1 amide bonds. The van der Waals surface area contributed by atoms with Crippen LogP contribution in [0, 0.1) is 24.2 Å². The lowest BCUT2D eigenvalue weighted by atomic mass is 9.75. The molecule has 0 unspecified atom stereocenters. The van der Waals surface area contributed by atoms with Crippen LogP contribution in [0.3, 0.4) is 0 Å². The van der Waals surface area contributed by atoms with Crippen molar-refractivity contribution in [1.29, 1.82) is 5.26 Å². The maximum Gasteiger partial charge on any atom is 0.418 e. The number of fused-ring (bicyclic) bond motifs is 2. The van der Waals surface area contributed by atoms with Crippen LogP contribution in [0.25, 0.3) is 6.08 Å². The van der Waals surface area contributed by atoms with E-state index in [-0.39, 0.29) is 79.3 Å². The predicted octanol–water partition coefficient (Wildman–Crippen LogP) is 5.41. The molecule has 0 spiro atoms. The zero-order chi connectivity index (χ0) is 39.2. The van der Waals surface area contributed by atoms with Gasteiger partial charge in [-0.1, -0.05) is 25.9 Å². The van der Waals surface area contributed by atoms with Crippen molar-refractivity contribution in [2.24, 2.45) is 5.92 Å². The summed E-state index contributed by atoms with van der Waals surface area (Å²) in [5.74, 6) is 0.0644. The number of rotatable bonds is 9. The Labute approximate surface area is 316 Å². The van der Waals surface area contributed by atoms with E-state index in [0.29, 0.717) is 43.3 Å². The number of halogens is 4. The smallest absolute Gasteiger partial charge is 0.418 e. The van der Waals surface area contributed by atoms with Crippen molar-refractivity contribution < 1.29 is 31.6 Å². The Morgan fingerprint density at radius 2 is 1.98 bits per heavy atom. The van der Waals surface area contributed by atoms with E-state index >= 15 is 0 Å². The number of anilines is 2. The van der Waals surface area contributed by atoms with Crippen LogP contribution < -0.4 is 15.4 Å². The van der Waals surface area contributed by atoms with Gasteiger partial charge in [-0.25, -0.2) is 9.37 Å². The number of nitrogens with two attached hydrogens (primary N) is 1. The number of pyridine rings is 1. The summed E-state index contributed by atoms with van der Waals surface area (Å²) in [4.78, 5) is 37.5. The number of aryl methyl sites for hydroxylation is 1. The van der Waals surface area contributed by atoms with Crippen molar-refractivity contribution >= 4 is 23.6 Å². The van der Waals surface area contributed by atoms with Crippen molar-refractivity contribution in [3.63, 3.8) is 0 Å². The first kappa shape index (κ1) is 38.4. The summed E-state index contributed by atoms with van der Waals surface area (Å²) in [5.41, 5.74) is 5.95. The Morgan fingerprint density at radius 1 is 1.18 bits per heavy atom. The molecule has 3 saturated heterocycles. The SMILES string of the molecule is Cc1cc(N)nc([C@@H]2Cc3nc(OC[C@@]45CCCN4C[C@H](F)C5)nc(N4CCN(C(=O)/C=C/c5nc(C(C)C)no5)[C@@H](CC#N)C4)c3C[C@H]2C)c1C(F)(F)F. The highest BCUT2D eigenvalue weighted by Gasteiger charge is 2.50. The largest absolute Gasteiger partial charge is 0.461 e. The molecular formula is C38H46F4N10O3. The molecular weight excluding hydrogens is 720 g/mol. The van der Waals surface area contributed by atoms with Crippen LogP contribution in [0.15, 0.2) is 16.7 Å². The number of nitriles is 1. The first-order valence-corrected chi connectivity index (χ1v) is 18.9. The van der Waals surface area contributed by atoms with Gasteiger partial charge in [-0.05, 0) is 56.7 Å². The van der Waals surface area contributed by atoms with Crippen molar-refractivity contribution in [3.05, 3.63) is 51.9 Å². The lowest BCUT2D eigenvalue weighted by Gasteiger charge is -2.42. The molecule has 1 aliphatic carbocycles. The molecule has 0 bridgehead atoms. The summed E-state index contributed by atoms with van der Waals surface area (Å²) in [5, 5.41) is 13.7. The fourth-order valence-electron chi connectivity index (χ4n) is 8.85. The highest BCUT2D eigenvalue weighted by Crippen LogP contribution is 2.46. The number of alkyl halides is 4. The Bertz CT molecular complexity index is 2000. The molecule has 7 rings (SSSR count). The molecule has 4 aliphatic rings. The van der Waals surface area contributed by atoms with Gasteiger partial charge < -0.3 is 24.8 Å². The molecule has 2 N–H and O–H groups in total.